The van der Waals surface area contributed by atoms with Gasteiger partial charge < -0.3 is 20.1 Å². The Kier molecular flexibility index (Phi) is 3.65. The lowest BCUT2D eigenvalue weighted by Crippen LogP contribution is -2.01. The van der Waals surface area contributed by atoms with E-state index in [-0.39, 0.29) is 6.61 Å². The van der Waals surface area contributed by atoms with Crippen LogP contribution in [0.15, 0.2) is 30.6 Å². The van der Waals surface area contributed by atoms with Crippen molar-refractivity contribution in [3.8, 4) is 11.6 Å². The number of aliphatic hydroxyl groups is 1. The summed E-state index contributed by atoms with van der Waals surface area (Å²) in [5, 5.41) is 12.0. The monoisotopic (exact) mass is 285 g/mol. The molecule has 0 unspecified atom stereocenters. The zero-order valence-electron chi connectivity index (χ0n) is 11.5. The third-order valence-electron chi connectivity index (χ3n) is 3.04. The van der Waals surface area contributed by atoms with Crippen molar-refractivity contribution in [2.75, 3.05) is 19.0 Å². The fourth-order valence-corrected chi connectivity index (χ4v) is 2.03. The quantitative estimate of drug-likeness (QED) is 0.660. The topological polar surface area (TPSA) is 96.0 Å². The predicted molar refractivity (Wildman–Crippen MR) is 78.5 cm³/mol. The lowest BCUT2D eigenvalue weighted by Gasteiger charge is -2.10. The number of benzene rings is 1. The lowest BCUT2D eigenvalue weighted by atomic mass is 10.1. The first-order valence-electron chi connectivity index (χ1n) is 6.57. The van der Waals surface area contributed by atoms with Crippen LogP contribution in [0.2, 0.25) is 0 Å². The highest BCUT2D eigenvalue weighted by atomic mass is 16.5. The number of ether oxygens (including phenoxy) is 1. The zero-order chi connectivity index (χ0) is 14.7. The largest absolute Gasteiger partial charge is 0.437 e. The Morgan fingerprint density at radius 3 is 2.95 bits per heavy atom. The minimum Gasteiger partial charge on any atom is -0.437 e. The van der Waals surface area contributed by atoms with Crippen LogP contribution in [0.4, 0.5) is 5.95 Å². The van der Waals surface area contributed by atoms with E-state index in [0.717, 1.165) is 5.56 Å². The first-order valence-corrected chi connectivity index (χ1v) is 6.57. The normalized spacial score (nSPS) is 10.8. The van der Waals surface area contributed by atoms with Crippen molar-refractivity contribution in [1.29, 1.82) is 0 Å². The summed E-state index contributed by atoms with van der Waals surface area (Å²) >= 11 is 0. The fraction of sp³-hybridized carbons (Fsp3) is 0.214. The van der Waals surface area contributed by atoms with Crippen LogP contribution >= 0.6 is 0 Å². The molecule has 3 rings (SSSR count). The first kappa shape index (κ1) is 13.3. The summed E-state index contributed by atoms with van der Waals surface area (Å²) in [6.45, 7) is 0.0609. The molecule has 0 amide bonds. The van der Waals surface area contributed by atoms with Gasteiger partial charge >= 0.3 is 0 Å². The average Bonchev–Trinajstić information content (AvgIpc) is 2.98. The number of para-hydroxylation sites is 1. The number of nitrogens with one attached hydrogen (secondary N) is 2. The van der Waals surface area contributed by atoms with E-state index in [1.54, 1.807) is 13.4 Å². The standard InChI is InChI=1S/C14H15N5O2/c1-15-14-18-12-11(16-8-17-12)13(19-14)21-10-5-3-2-4-9(10)6-7-20/h2-5,8,20H,6-7H2,1H3,(H2,15,16,17,18,19). The molecule has 0 saturated heterocycles. The van der Waals surface area contributed by atoms with Gasteiger partial charge in [0.05, 0.1) is 6.33 Å². The molecule has 2 aromatic heterocycles. The van der Waals surface area contributed by atoms with Crippen molar-refractivity contribution >= 4 is 17.1 Å². The van der Waals surface area contributed by atoms with Crippen molar-refractivity contribution < 1.29 is 9.84 Å². The number of rotatable bonds is 5. The Labute approximate surface area is 121 Å². The number of nitrogens with zero attached hydrogens (tertiary/aromatic N) is 3. The number of H-pyrrole nitrogens is 1. The molecule has 0 aliphatic rings. The van der Waals surface area contributed by atoms with Crippen molar-refractivity contribution in [1.82, 2.24) is 19.9 Å². The highest BCUT2D eigenvalue weighted by molar-refractivity contribution is 5.77. The molecule has 2 heterocycles. The minimum absolute atomic E-state index is 0.0609. The number of fused-ring (bicyclic) bond motifs is 1. The summed E-state index contributed by atoms with van der Waals surface area (Å²) in [6.07, 6.45) is 2.07. The number of hydrogen-bond donors (Lipinski definition) is 3. The molecular formula is C14H15N5O2. The van der Waals surface area contributed by atoms with E-state index in [0.29, 0.717) is 35.2 Å². The molecule has 0 atom stereocenters. The summed E-state index contributed by atoms with van der Waals surface area (Å²) < 4.78 is 5.90. The molecule has 0 fully saturated rings. The van der Waals surface area contributed by atoms with E-state index in [9.17, 15) is 0 Å². The van der Waals surface area contributed by atoms with E-state index in [1.807, 2.05) is 24.3 Å². The van der Waals surface area contributed by atoms with E-state index in [1.165, 1.54) is 0 Å². The van der Waals surface area contributed by atoms with Crippen molar-refractivity contribution in [2.45, 2.75) is 6.42 Å². The molecule has 0 saturated carbocycles. The summed E-state index contributed by atoms with van der Waals surface area (Å²) in [6, 6.07) is 7.54. The number of anilines is 1. The summed E-state index contributed by atoms with van der Waals surface area (Å²) in [5.41, 5.74) is 2.08. The number of hydrogen-bond acceptors (Lipinski definition) is 6. The lowest BCUT2D eigenvalue weighted by molar-refractivity contribution is 0.297. The van der Waals surface area contributed by atoms with Gasteiger partial charge in [0, 0.05) is 13.7 Å². The molecule has 21 heavy (non-hydrogen) atoms. The van der Waals surface area contributed by atoms with Gasteiger partial charge in [0.25, 0.3) is 5.88 Å². The molecule has 1 aromatic carbocycles. The number of aliphatic hydroxyl groups excluding tert-OH is 1. The molecule has 0 bridgehead atoms. The van der Waals surface area contributed by atoms with Crippen LogP contribution in [0.3, 0.4) is 0 Å². The molecular weight excluding hydrogens is 270 g/mol. The van der Waals surface area contributed by atoms with Crippen LogP contribution in [0.1, 0.15) is 5.56 Å². The van der Waals surface area contributed by atoms with Gasteiger partial charge in [0.1, 0.15) is 11.3 Å². The minimum atomic E-state index is 0.0609. The van der Waals surface area contributed by atoms with Gasteiger partial charge in [-0.05, 0) is 18.1 Å². The molecule has 108 valence electrons. The second-order valence-corrected chi connectivity index (χ2v) is 4.39. The second kappa shape index (κ2) is 5.76. The van der Waals surface area contributed by atoms with Crippen LogP contribution in [0, 0.1) is 0 Å². The fourth-order valence-electron chi connectivity index (χ4n) is 2.03. The van der Waals surface area contributed by atoms with Crippen molar-refractivity contribution in [2.24, 2.45) is 0 Å². The van der Waals surface area contributed by atoms with Crippen molar-refractivity contribution in [3.05, 3.63) is 36.2 Å². The average molecular weight is 285 g/mol. The Morgan fingerprint density at radius 2 is 2.14 bits per heavy atom. The Hall–Kier alpha value is -2.67. The predicted octanol–water partition coefficient (Wildman–Crippen LogP) is 1.72. The SMILES string of the molecule is CNc1nc(Oc2ccccc2CCO)c2[nH]cnc2n1. The van der Waals surface area contributed by atoms with E-state index in [2.05, 4.69) is 25.3 Å². The van der Waals surface area contributed by atoms with Crippen LogP contribution < -0.4 is 10.1 Å². The number of aromatic nitrogens is 4. The van der Waals surface area contributed by atoms with Gasteiger partial charge in [-0.2, -0.15) is 9.97 Å². The molecule has 3 N–H and O–H groups in total. The smallest absolute Gasteiger partial charge is 0.250 e. The zero-order valence-corrected chi connectivity index (χ0v) is 11.5. The third kappa shape index (κ3) is 2.63. The van der Waals surface area contributed by atoms with Crippen LogP contribution in [0.25, 0.3) is 11.2 Å². The second-order valence-electron chi connectivity index (χ2n) is 4.39. The van der Waals surface area contributed by atoms with E-state index < -0.39 is 0 Å². The maximum atomic E-state index is 9.12. The Balaban J connectivity index is 2.03. The van der Waals surface area contributed by atoms with E-state index >= 15 is 0 Å². The van der Waals surface area contributed by atoms with Gasteiger partial charge in [-0.1, -0.05) is 18.2 Å². The molecule has 0 radical (unpaired) electrons. The molecule has 7 nitrogen and oxygen atoms in total. The molecule has 3 aromatic rings. The molecule has 0 aliphatic heterocycles. The van der Waals surface area contributed by atoms with Crippen LogP contribution in [-0.2, 0) is 6.42 Å². The highest BCUT2D eigenvalue weighted by Gasteiger charge is 2.13. The van der Waals surface area contributed by atoms with Crippen LogP contribution in [0.5, 0.6) is 11.6 Å². The van der Waals surface area contributed by atoms with Crippen molar-refractivity contribution in [3.63, 3.8) is 0 Å². The van der Waals surface area contributed by atoms with E-state index in [4.69, 9.17) is 9.84 Å². The summed E-state index contributed by atoms with van der Waals surface area (Å²) in [5.74, 6) is 1.49. The van der Waals surface area contributed by atoms with Crippen LogP contribution in [-0.4, -0.2) is 38.7 Å². The summed E-state index contributed by atoms with van der Waals surface area (Å²) in [7, 11) is 1.73. The highest BCUT2D eigenvalue weighted by Crippen LogP contribution is 2.29. The van der Waals surface area contributed by atoms with Gasteiger partial charge in [-0.25, -0.2) is 4.98 Å². The summed E-state index contributed by atoms with van der Waals surface area (Å²) in [4.78, 5) is 15.6. The molecule has 0 spiro atoms. The first-order chi connectivity index (χ1) is 10.3. The Morgan fingerprint density at radius 1 is 1.29 bits per heavy atom. The maximum absolute atomic E-state index is 9.12. The number of aromatic amines is 1. The van der Waals surface area contributed by atoms with Gasteiger partial charge in [0.2, 0.25) is 5.95 Å². The third-order valence-corrected chi connectivity index (χ3v) is 3.04. The Bertz CT molecular complexity index is 756. The van der Waals surface area contributed by atoms with Gasteiger partial charge in [-0.3, -0.25) is 0 Å². The molecule has 7 heteroatoms. The maximum Gasteiger partial charge on any atom is 0.250 e. The molecule has 0 aliphatic carbocycles. The van der Waals surface area contributed by atoms with Gasteiger partial charge in [-0.15, -0.1) is 0 Å². The number of imidazole rings is 1. The van der Waals surface area contributed by atoms with Gasteiger partial charge in [0.15, 0.2) is 5.65 Å².